The molecule has 0 bridgehead atoms. The van der Waals surface area contributed by atoms with Crippen molar-refractivity contribution >= 4 is 55.1 Å². The summed E-state index contributed by atoms with van der Waals surface area (Å²) in [7, 11) is 0. The number of anilines is 2. The zero-order valence-electron chi connectivity index (χ0n) is 12.8. The second-order valence-corrected chi connectivity index (χ2v) is 8.48. The highest BCUT2D eigenvalue weighted by atomic mass is 79.9. The molecule has 1 aliphatic rings. The fourth-order valence-corrected chi connectivity index (χ4v) is 5.01. The van der Waals surface area contributed by atoms with Crippen LogP contribution in [-0.4, -0.2) is 10.9 Å². The van der Waals surface area contributed by atoms with Gasteiger partial charge in [0.15, 0.2) is 5.88 Å². The van der Waals surface area contributed by atoms with Gasteiger partial charge in [-0.1, -0.05) is 34.1 Å². The Morgan fingerprint density at radius 3 is 2.68 bits per heavy atom. The van der Waals surface area contributed by atoms with Crippen molar-refractivity contribution in [2.75, 3.05) is 11.1 Å². The molecule has 25 heavy (non-hydrogen) atoms. The Morgan fingerprint density at radius 1 is 1.24 bits per heavy atom. The summed E-state index contributed by atoms with van der Waals surface area (Å²) in [4.78, 5) is 13.9. The van der Waals surface area contributed by atoms with Crippen LogP contribution in [-0.2, 0) is 0 Å². The van der Waals surface area contributed by atoms with Crippen LogP contribution in [0.2, 0.25) is 0 Å². The molecule has 7 heteroatoms. The molecular weight excluding hydrogens is 420 g/mol. The molecule has 0 saturated heterocycles. The van der Waals surface area contributed by atoms with Crippen molar-refractivity contribution < 1.29 is 9.90 Å². The van der Waals surface area contributed by atoms with Gasteiger partial charge in [-0.3, -0.25) is 4.79 Å². The molecule has 0 saturated carbocycles. The Morgan fingerprint density at radius 2 is 2.00 bits per heavy atom. The summed E-state index contributed by atoms with van der Waals surface area (Å²) in [6.45, 7) is 0. The topological polar surface area (TPSA) is 75.4 Å². The quantitative estimate of drug-likeness (QED) is 0.488. The van der Waals surface area contributed by atoms with Gasteiger partial charge in [-0.05, 0) is 35.2 Å². The normalized spacial score (nSPS) is 16.0. The number of benzene rings is 1. The van der Waals surface area contributed by atoms with Crippen molar-refractivity contribution in [2.45, 2.75) is 5.92 Å². The smallest absolute Gasteiger partial charge is 0.215 e. The van der Waals surface area contributed by atoms with E-state index in [4.69, 9.17) is 5.73 Å². The van der Waals surface area contributed by atoms with Gasteiger partial charge in [0.1, 0.15) is 9.88 Å². The first-order valence-corrected chi connectivity index (χ1v) is 9.97. The highest BCUT2D eigenvalue weighted by molar-refractivity contribution is 9.10. The number of allylic oxidation sites excluding steroid dienone is 1. The molecule has 1 atom stereocenters. The molecular formula is C18H13BrN2O2S2. The molecule has 4 nitrogen and oxygen atoms in total. The number of nitrogens with two attached hydrogens (primary N) is 1. The summed E-state index contributed by atoms with van der Waals surface area (Å²) in [6.07, 6.45) is 1.72. The summed E-state index contributed by atoms with van der Waals surface area (Å²) < 4.78 is 0.977. The average Bonchev–Trinajstić information content (AvgIpc) is 3.23. The van der Waals surface area contributed by atoms with Gasteiger partial charge >= 0.3 is 0 Å². The maximum Gasteiger partial charge on any atom is 0.215 e. The number of aliphatic hydroxyl groups is 1. The Labute approximate surface area is 160 Å². The van der Waals surface area contributed by atoms with E-state index in [-0.39, 0.29) is 17.6 Å². The first-order valence-electron chi connectivity index (χ1n) is 7.48. The maximum absolute atomic E-state index is 12.7. The van der Waals surface area contributed by atoms with Gasteiger partial charge in [-0.15, -0.1) is 22.7 Å². The lowest BCUT2D eigenvalue weighted by Crippen LogP contribution is -2.12. The minimum absolute atomic E-state index is 0.0665. The van der Waals surface area contributed by atoms with Crippen LogP contribution in [0, 0.1) is 0 Å². The molecule has 1 aliphatic heterocycles. The molecule has 2 aromatic heterocycles. The highest BCUT2D eigenvalue weighted by Gasteiger charge is 2.30. The predicted molar refractivity (Wildman–Crippen MR) is 107 cm³/mol. The van der Waals surface area contributed by atoms with E-state index in [1.54, 1.807) is 12.1 Å². The van der Waals surface area contributed by atoms with Crippen molar-refractivity contribution in [1.82, 2.24) is 0 Å². The van der Waals surface area contributed by atoms with E-state index < -0.39 is 0 Å². The van der Waals surface area contributed by atoms with Crippen LogP contribution >= 0.6 is 38.6 Å². The van der Waals surface area contributed by atoms with Crippen LogP contribution in [0.4, 0.5) is 10.7 Å². The van der Waals surface area contributed by atoms with Crippen molar-refractivity contribution in [3.8, 4) is 0 Å². The van der Waals surface area contributed by atoms with Gasteiger partial charge in [0.2, 0.25) is 5.78 Å². The Hall–Kier alpha value is -2.09. The van der Waals surface area contributed by atoms with Crippen LogP contribution in [0.5, 0.6) is 0 Å². The first-order chi connectivity index (χ1) is 12.0. The van der Waals surface area contributed by atoms with E-state index in [1.165, 1.54) is 22.7 Å². The number of hydrogen-bond donors (Lipinski definition) is 3. The third kappa shape index (κ3) is 2.88. The number of nitrogens with one attached hydrogen (secondary N) is 1. The van der Waals surface area contributed by atoms with Crippen LogP contribution < -0.4 is 11.1 Å². The van der Waals surface area contributed by atoms with Crippen molar-refractivity contribution in [1.29, 1.82) is 0 Å². The molecule has 0 radical (unpaired) electrons. The van der Waals surface area contributed by atoms with Crippen LogP contribution in [0.15, 0.2) is 58.2 Å². The fraction of sp³-hybridized carbons (Fsp3) is 0.0556. The number of halogens is 1. The molecule has 3 aromatic rings. The minimum Gasteiger partial charge on any atom is -0.495 e. The first kappa shape index (κ1) is 16.4. The summed E-state index contributed by atoms with van der Waals surface area (Å²) in [6, 6.07) is 11.5. The fourth-order valence-electron chi connectivity index (χ4n) is 2.88. The predicted octanol–water partition coefficient (Wildman–Crippen LogP) is 5.34. The number of rotatable bonds is 3. The van der Waals surface area contributed by atoms with E-state index in [9.17, 15) is 9.90 Å². The number of aliphatic hydroxyl groups excluding tert-OH is 1. The molecule has 3 heterocycles. The van der Waals surface area contributed by atoms with E-state index in [2.05, 4.69) is 21.2 Å². The van der Waals surface area contributed by atoms with E-state index in [0.717, 1.165) is 15.6 Å². The zero-order valence-corrected chi connectivity index (χ0v) is 16.0. The zero-order chi connectivity index (χ0) is 17.6. The lowest BCUT2D eigenvalue weighted by Gasteiger charge is -2.21. The molecule has 1 aromatic carbocycles. The second kappa shape index (κ2) is 6.33. The third-order valence-electron chi connectivity index (χ3n) is 4.04. The van der Waals surface area contributed by atoms with Crippen molar-refractivity contribution in [2.24, 2.45) is 0 Å². The number of thiophene rings is 2. The molecule has 0 spiro atoms. The molecule has 0 amide bonds. The molecule has 0 aliphatic carbocycles. The summed E-state index contributed by atoms with van der Waals surface area (Å²) >= 11 is 6.11. The SMILES string of the molecule is Nc1c(C(=O)c2cccs2)sc2c1C(c1ccc(Br)cc1)C=C(O)N2. The standard InChI is InChI=1S/C18H13BrN2O2S2/c19-10-5-3-9(4-6-10)11-8-13(22)21-18-14(11)15(20)17(25-18)16(23)12-2-1-7-24-12/h1-8,11,21-22H,20H2. The number of hydrogen-bond acceptors (Lipinski definition) is 6. The lowest BCUT2D eigenvalue weighted by molar-refractivity contribution is 0.104. The Bertz CT molecular complexity index is 975. The molecule has 0 fully saturated rings. The van der Waals surface area contributed by atoms with Crippen LogP contribution in [0.25, 0.3) is 0 Å². The molecule has 4 rings (SSSR count). The molecule has 4 N–H and O–H groups in total. The highest BCUT2D eigenvalue weighted by Crippen LogP contribution is 2.47. The molecule has 126 valence electrons. The van der Waals surface area contributed by atoms with Crippen molar-refractivity contribution in [3.63, 3.8) is 0 Å². The largest absolute Gasteiger partial charge is 0.495 e. The third-order valence-corrected chi connectivity index (χ3v) is 6.57. The van der Waals surface area contributed by atoms with Gasteiger partial charge in [0.05, 0.1) is 10.6 Å². The van der Waals surface area contributed by atoms with E-state index >= 15 is 0 Å². The van der Waals surface area contributed by atoms with Crippen LogP contribution in [0.1, 0.15) is 31.6 Å². The lowest BCUT2D eigenvalue weighted by atomic mass is 9.89. The minimum atomic E-state index is -0.203. The van der Waals surface area contributed by atoms with Gasteiger partial charge in [0, 0.05) is 16.0 Å². The summed E-state index contributed by atoms with van der Waals surface area (Å²) in [5, 5.41) is 15.6. The summed E-state index contributed by atoms with van der Waals surface area (Å²) in [5.74, 6) is -0.218. The van der Waals surface area contributed by atoms with Crippen LogP contribution in [0.3, 0.4) is 0 Å². The Balaban J connectivity index is 1.82. The number of nitrogen functional groups attached to an aromatic ring is 1. The van der Waals surface area contributed by atoms with E-state index in [1.807, 2.05) is 35.7 Å². The van der Waals surface area contributed by atoms with Gasteiger partial charge in [0.25, 0.3) is 0 Å². The summed E-state index contributed by atoms with van der Waals surface area (Å²) in [5.41, 5.74) is 8.68. The van der Waals surface area contributed by atoms with Gasteiger partial charge in [-0.25, -0.2) is 0 Å². The van der Waals surface area contributed by atoms with Gasteiger partial charge < -0.3 is 16.2 Å². The van der Waals surface area contributed by atoms with Gasteiger partial charge in [-0.2, -0.15) is 0 Å². The maximum atomic E-state index is 12.7. The number of carbonyl (C=O) groups excluding carboxylic acids is 1. The monoisotopic (exact) mass is 432 g/mol. The van der Waals surface area contributed by atoms with E-state index in [0.29, 0.717) is 20.4 Å². The number of carbonyl (C=O) groups is 1. The number of ketones is 1. The average molecular weight is 433 g/mol. The second-order valence-electron chi connectivity index (χ2n) is 5.60. The Kier molecular flexibility index (Phi) is 4.15. The molecule has 1 unspecified atom stereocenters. The number of fused-ring (bicyclic) bond motifs is 1. The van der Waals surface area contributed by atoms with Crippen molar-refractivity contribution in [3.05, 3.63) is 79.1 Å².